The van der Waals surface area contributed by atoms with Gasteiger partial charge in [0.05, 0.1) is 12.2 Å². The third-order valence-corrected chi connectivity index (χ3v) is 2.40. The van der Waals surface area contributed by atoms with Crippen LogP contribution in [-0.4, -0.2) is 22.4 Å². The van der Waals surface area contributed by atoms with Gasteiger partial charge in [-0.3, -0.25) is 0 Å². The maximum Gasteiger partial charge on any atom is 0.0540 e. The third kappa shape index (κ3) is 5.56. The standard InChI is InChI=1S/C10H22O2/c1-4-10(9(3)12)7-5-6-8(2)11/h8-12H,4-7H2,1-3H3. The molecular weight excluding hydrogens is 152 g/mol. The minimum absolute atomic E-state index is 0.198. The van der Waals surface area contributed by atoms with Crippen molar-refractivity contribution in [1.82, 2.24) is 0 Å². The van der Waals surface area contributed by atoms with Crippen molar-refractivity contribution in [3.63, 3.8) is 0 Å². The fourth-order valence-corrected chi connectivity index (χ4v) is 1.46. The van der Waals surface area contributed by atoms with Crippen molar-refractivity contribution in [2.24, 2.45) is 5.92 Å². The lowest BCUT2D eigenvalue weighted by molar-refractivity contribution is 0.110. The summed E-state index contributed by atoms with van der Waals surface area (Å²) in [4.78, 5) is 0. The Morgan fingerprint density at radius 3 is 2.00 bits per heavy atom. The van der Waals surface area contributed by atoms with Gasteiger partial charge in [0.25, 0.3) is 0 Å². The van der Waals surface area contributed by atoms with E-state index in [1.165, 1.54) is 0 Å². The second kappa shape index (κ2) is 6.44. The lowest BCUT2D eigenvalue weighted by Crippen LogP contribution is -2.16. The van der Waals surface area contributed by atoms with E-state index in [-0.39, 0.29) is 12.2 Å². The van der Waals surface area contributed by atoms with Crippen LogP contribution in [0.3, 0.4) is 0 Å². The van der Waals surface area contributed by atoms with E-state index in [9.17, 15) is 5.11 Å². The fraction of sp³-hybridized carbons (Fsp3) is 1.00. The Balaban J connectivity index is 3.45. The maximum atomic E-state index is 9.31. The molecule has 0 aromatic rings. The minimum atomic E-state index is -0.205. The van der Waals surface area contributed by atoms with Gasteiger partial charge in [0.2, 0.25) is 0 Å². The molecule has 74 valence electrons. The molecule has 0 amide bonds. The Morgan fingerprint density at radius 1 is 1.08 bits per heavy atom. The van der Waals surface area contributed by atoms with Gasteiger partial charge in [0.1, 0.15) is 0 Å². The largest absolute Gasteiger partial charge is 0.393 e. The predicted molar refractivity (Wildman–Crippen MR) is 51.0 cm³/mol. The quantitative estimate of drug-likeness (QED) is 0.646. The summed E-state index contributed by atoms with van der Waals surface area (Å²) >= 11 is 0. The zero-order valence-electron chi connectivity index (χ0n) is 8.45. The highest BCUT2D eigenvalue weighted by atomic mass is 16.3. The average molecular weight is 174 g/mol. The molecule has 0 heterocycles. The molecule has 0 aliphatic rings. The maximum absolute atomic E-state index is 9.31. The van der Waals surface area contributed by atoms with Crippen LogP contribution in [0.25, 0.3) is 0 Å². The summed E-state index contributed by atoms with van der Waals surface area (Å²) in [7, 11) is 0. The molecule has 2 nitrogen and oxygen atoms in total. The molecular formula is C10H22O2. The number of hydrogen-bond donors (Lipinski definition) is 2. The van der Waals surface area contributed by atoms with E-state index in [2.05, 4.69) is 6.92 Å². The Morgan fingerprint density at radius 2 is 1.67 bits per heavy atom. The van der Waals surface area contributed by atoms with Crippen LogP contribution in [0.4, 0.5) is 0 Å². The van der Waals surface area contributed by atoms with E-state index in [1.807, 2.05) is 13.8 Å². The molecule has 0 aromatic heterocycles. The second-order valence-electron chi connectivity index (χ2n) is 3.69. The second-order valence-corrected chi connectivity index (χ2v) is 3.69. The van der Waals surface area contributed by atoms with Crippen LogP contribution in [0.1, 0.15) is 46.5 Å². The summed E-state index contributed by atoms with van der Waals surface area (Å²) in [5.74, 6) is 0.406. The van der Waals surface area contributed by atoms with Crippen LogP contribution >= 0.6 is 0 Å². The summed E-state index contributed by atoms with van der Waals surface area (Å²) < 4.78 is 0. The summed E-state index contributed by atoms with van der Waals surface area (Å²) in [6.07, 6.45) is 3.52. The lowest BCUT2D eigenvalue weighted by atomic mass is 9.94. The van der Waals surface area contributed by atoms with Crippen molar-refractivity contribution in [3.05, 3.63) is 0 Å². The molecule has 0 saturated carbocycles. The SMILES string of the molecule is CCC(CCCC(C)O)C(C)O. The van der Waals surface area contributed by atoms with Gasteiger partial charge in [-0.2, -0.15) is 0 Å². The molecule has 0 aliphatic carbocycles. The van der Waals surface area contributed by atoms with Crippen LogP contribution in [0.15, 0.2) is 0 Å². The average Bonchev–Trinajstić information content (AvgIpc) is 1.96. The first-order valence-corrected chi connectivity index (χ1v) is 4.94. The van der Waals surface area contributed by atoms with Crippen molar-refractivity contribution in [3.8, 4) is 0 Å². The van der Waals surface area contributed by atoms with E-state index in [0.717, 1.165) is 25.7 Å². The molecule has 0 aromatic carbocycles. The van der Waals surface area contributed by atoms with E-state index in [0.29, 0.717) is 5.92 Å². The topological polar surface area (TPSA) is 40.5 Å². The van der Waals surface area contributed by atoms with Crippen molar-refractivity contribution in [2.45, 2.75) is 58.7 Å². The molecule has 2 N–H and O–H groups in total. The molecule has 0 radical (unpaired) electrons. The van der Waals surface area contributed by atoms with E-state index < -0.39 is 0 Å². The molecule has 3 atom stereocenters. The Kier molecular flexibility index (Phi) is 6.39. The van der Waals surface area contributed by atoms with Crippen LogP contribution < -0.4 is 0 Å². The van der Waals surface area contributed by atoms with Crippen molar-refractivity contribution < 1.29 is 10.2 Å². The molecule has 0 fully saturated rings. The highest BCUT2D eigenvalue weighted by molar-refractivity contribution is 4.63. The number of hydrogen-bond acceptors (Lipinski definition) is 2. The monoisotopic (exact) mass is 174 g/mol. The van der Waals surface area contributed by atoms with E-state index >= 15 is 0 Å². The van der Waals surface area contributed by atoms with Gasteiger partial charge < -0.3 is 10.2 Å². The van der Waals surface area contributed by atoms with Crippen LogP contribution in [-0.2, 0) is 0 Å². The summed E-state index contributed by atoms with van der Waals surface area (Å²) in [5.41, 5.74) is 0. The van der Waals surface area contributed by atoms with E-state index in [1.54, 1.807) is 0 Å². The zero-order chi connectivity index (χ0) is 9.56. The zero-order valence-corrected chi connectivity index (χ0v) is 8.45. The molecule has 2 heteroatoms. The highest BCUT2D eigenvalue weighted by Gasteiger charge is 2.12. The lowest BCUT2D eigenvalue weighted by Gasteiger charge is -2.17. The van der Waals surface area contributed by atoms with Crippen LogP contribution in [0.5, 0.6) is 0 Å². The summed E-state index contributed by atoms with van der Waals surface area (Å²) in [6, 6.07) is 0. The van der Waals surface area contributed by atoms with Gasteiger partial charge in [0, 0.05) is 0 Å². The summed E-state index contributed by atoms with van der Waals surface area (Å²) in [5, 5.41) is 18.3. The number of aliphatic hydroxyl groups excluding tert-OH is 2. The molecule has 0 rings (SSSR count). The van der Waals surface area contributed by atoms with Gasteiger partial charge in [-0.25, -0.2) is 0 Å². The highest BCUT2D eigenvalue weighted by Crippen LogP contribution is 2.17. The molecule has 0 spiro atoms. The molecule has 0 aliphatic heterocycles. The van der Waals surface area contributed by atoms with Crippen molar-refractivity contribution in [2.75, 3.05) is 0 Å². The molecule has 0 bridgehead atoms. The molecule has 12 heavy (non-hydrogen) atoms. The first-order valence-electron chi connectivity index (χ1n) is 4.94. The first-order chi connectivity index (χ1) is 5.57. The van der Waals surface area contributed by atoms with Crippen molar-refractivity contribution in [1.29, 1.82) is 0 Å². The normalized spacial score (nSPS) is 18.8. The first kappa shape index (κ1) is 11.9. The van der Waals surface area contributed by atoms with E-state index in [4.69, 9.17) is 5.11 Å². The van der Waals surface area contributed by atoms with Gasteiger partial charge in [-0.05, 0) is 32.6 Å². The summed E-state index contributed by atoms with van der Waals surface area (Å²) in [6.45, 7) is 5.75. The van der Waals surface area contributed by atoms with Gasteiger partial charge in [-0.1, -0.05) is 19.8 Å². The van der Waals surface area contributed by atoms with Crippen LogP contribution in [0, 0.1) is 5.92 Å². The fourth-order valence-electron chi connectivity index (χ4n) is 1.46. The Hall–Kier alpha value is -0.0800. The third-order valence-electron chi connectivity index (χ3n) is 2.40. The van der Waals surface area contributed by atoms with Gasteiger partial charge in [0.15, 0.2) is 0 Å². The predicted octanol–water partition coefficient (Wildman–Crippen LogP) is 1.94. The molecule has 3 unspecified atom stereocenters. The smallest absolute Gasteiger partial charge is 0.0540 e. The Bertz CT molecular complexity index is 100. The number of rotatable bonds is 6. The minimum Gasteiger partial charge on any atom is -0.393 e. The van der Waals surface area contributed by atoms with Gasteiger partial charge in [-0.15, -0.1) is 0 Å². The van der Waals surface area contributed by atoms with Gasteiger partial charge >= 0.3 is 0 Å². The molecule has 0 saturated heterocycles. The number of aliphatic hydroxyl groups is 2. The Labute approximate surface area is 75.6 Å². The van der Waals surface area contributed by atoms with Crippen LogP contribution in [0.2, 0.25) is 0 Å². The van der Waals surface area contributed by atoms with Crippen molar-refractivity contribution >= 4 is 0 Å².